The number of methoxy groups -OCH3 is 2. The maximum Gasteiger partial charge on any atom is 0.246 e. The number of aryl methyl sites for hydroxylation is 1. The molecule has 5 heteroatoms. The summed E-state index contributed by atoms with van der Waals surface area (Å²) in [5, 5.41) is 6.10. The molecule has 1 atom stereocenters. The van der Waals surface area contributed by atoms with Gasteiger partial charge in [0.25, 0.3) is 0 Å². The third-order valence-corrected chi connectivity index (χ3v) is 3.73. The summed E-state index contributed by atoms with van der Waals surface area (Å²) in [7, 11) is 3.15. The molecule has 0 spiro atoms. The van der Waals surface area contributed by atoms with E-state index in [9.17, 15) is 4.79 Å². The van der Waals surface area contributed by atoms with E-state index in [0.717, 1.165) is 12.1 Å². The number of hydrogen-bond donors (Lipinski definition) is 2. The predicted octanol–water partition coefficient (Wildman–Crippen LogP) is 3.71. The van der Waals surface area contributed by atoms with Crippen LogP contribution in [0, 0.1) is 0 Å². The Morgan fingerprint density at radius 2 is 1.71 bits per heavy atom. The molecule has 0 bridgehead atoms. The van der Waals surface area contributed by atoms with Gasteiger partial charge >= 0.3 is 0 Å². The average Bonchev–Trinajstić information content (AvgIpc) is 2.61. The topological polar surface area (TPSA) is 59.6 Å². The molecule has 0 aliphatic heterocycles. The molecular formula is C19H24N2O3. The highest BCUT2D eigenvalue weighted by Crippen LogP contribution is 2.26. The van der Waals surface area contributed by atoms with Crippen LogP contribution in [0.1, 0.15) is 19.4 Å². The Morgan fingerprint density at radius 1 is 1.04 bits per heavy atom. The molecule has 0 aromatic heterocycles. The van der Waals surface area contributed by atoms with Crippen LogP contribution in [-0.4, -0.2) is 26.2 Å². The van der Waals surface area contributed by atoms with Gasteiger partial charge in [-0.05, 0) is 31.0 Å². The molecule has 0 saturated carbocycles. The lowest BCUT2D eigenvalue weighted by atomic mass is 10.1. The Bertz CT molecular complexity index is 679. The van der Waals surface area contributed by atoms with Crippen molar-refractivity contribution in [3.63, 3.8) is 0 Å². The fourth-order valence-corrected chi connectivity index (χ4v) is 2.33. The quantitative estimate of drug-likeness (QED) is 0.813. The normalized spacial score (nSPS) is 11.5. The van der Waals surface area contributed by atoms with E-state index in [0.29, 0.717) is 17.2 Å². The Morgan fingerprint density at radius 3 is 2.29 bits per heavy atom. The summed E-state index contributed by atoms with van der Waals surface area (Å²) in [6.45, 7) is 3.93. The van der Waals surface area contributed by atoms with E-state index < -0.39 is 0 Å². The molecule has 2 aromatic carbocycles. The zero-order valence-electron chi connectivity index (χ0n) is 14.6. The molecule has 2 N–H and O–H groups in total. The predicted molar refractivity (Wildman–Crippen MR) is 97.1 cm³/mol. The minimum Gasteiger partial charge on any atom is -0.497 e. The number of carbonyl (C=O) groups excluding carboxylic acids is 1. The zero-order valence-corrected chi connectivity index (χ0v) is 14.6. The van der Waals surface area contributed by atoms with Crippen molar-refractivity contribution < 1.29 is 14.3 Å². The number of hydrogen-bond acceptors (Lipinski definition) is 4. The number of amides is 1. The van der Waals surface area contributed by atoms with Crippen LogP contribution in [0.25, 0.3) is 0 Å². The van der Waals surface area contributed by atoms with Crippen LogP contribution in [0.3, 0.4) is 0 Å². The summed E-state index contributed by atoms with van der Waals surface area (Å²) in [6, 6.07) is 12.9. The van der Waals surface area contributed by atoms with Crippen molar-refractivity contribution in [2.24, 2.45) is 0 Å². The van der Waals surface area contributed by atoms with Crippen molar-refractivity contribution in [1.29, 1.82) is 0 Å². The first kappa shape index (κ1) is 17.7. The van der Waals surface area contributed by atoms with E-state index in [1.807, 2.05) is 19.1 Å². The molecule has 2 rings (SSSR count). The number of carbonyl (C=O) groups is 1. The van der Waals surface area contributed by atoms with Gasteiger partial charge in [0, 0.05) is 29.6 Å². The molecule has 0 radical (unpaired) electrons. The monoisotopic (exact) mass is 328 g/mol. The second kappa shape index (κ2) is 8.24. The number of benzene rings is 2. The summed E-state index contributed by atoms with van der Waals surface area (Å²) in [5.74, 6) is 1.12. The SMILES string of the molecule is CCc1cccc(N[C@@H](C)C(=O)Nc2cc(OC)cc(OC)c2)c1. The van der Waals surface area contributed by atoms with Crippen molar-refractivity contribution in [3.8, 4) is 11.5 Å². The van der Waals surface area contributed by atoms with Crippen molar-refractivity contribution in [3.05, 3.63) is 48.0 Å². The number of anilines is 2. The highest BCUT2D eigenvalue weighted by Gasteiger charge is 2.14. The van der Waals surface area contributed by atoms with E-state index >= 15 is 0 Å². The molecule has 1 amide bonds. The van der Waals surface area contributed by atoms with Crippen LogP contribution < -0.4 is 20.1 Å². The maximum absolute atomic E-state index is 12.4. The summed E-state index contributed by atoms with van der Waals surface area (Å²) >= 11 is 0. The number of rotatable bonds is 7. The Balaban J connectivity index is 2.05. The van der Waals surface area contributed by atoms with Gasteiger partial charge in [0.1, 0.15) is 17.5 Å². The second-order valence-corrected chi connectivity index (χ2v) is 5.51. The minimum absolute atomic E-state index is 0.132. The smallest absolute Gasteiger partial charge is 0.246 e. The third kappa shape index (κ3) is 4.65. The van der Waals surface area contributed by atoms with Crippen LogP contribution in [0.2, 0.25) is 0 Å². The van der Waals surface area contributed by atoms with Crippen LogP contribution in [0.15, 0.2) is 42.5 Å². The van der Waals surface area contributed by atoms with Crippen molar-refractivity contribution in [2.75, 3.05) is 24.9 Å². The maximum atomic E-state index is 12.4. The van der Waals surface area contributed by atoms with Crippen LogP contribution in [-0.2, 0) is 11.2 Å². The average molecular weight is 328 g/mol. The van der Waals surface area contributed by atoms with E-state index in [2.05, 4.69) is 29.7 Å². The minimum atomic E-state index is -0.380. The first-order valence-electron chi connectivity index (χ1n) is 7.95. The first-order valence-corrected chi connectivity index (χ1v) is 7.95. The van der Waals surface area contributed by atoms with Crippen LogP contribution >= 0.6 is 0 Å². The van der Waals surface area contributed by atoms with E-state index in [-0.39, 0.29) is 11.9 Å². The molecule has 128 valence electrons. The molecule has 0 unspecified atom stereocenters. The zero-order chi connectivity index (χ0) is 17.5. The second-order valence-electron chi connectivity index (χ2n) is 5.51. The number of nitrogens with one attached hydrogen (secondary N) is 2. The third-order valence-electron chi connectivity index (χ3n) is 3.73. The molecule has 0 aliphatic carbocycles. The molecule has 0 heterocycles. The van der Waals surface area contributed by atoms with E-state index in [1.54, 1.807) is 32.4 Å². The lowest BCUT2D eigenvalue weighted by molar-refractivity contribution is -0.116. The molecule has 2 aromatic rings. The summed E-state index contributed by atoms with van der Waals surface area (Å²) in [4.78, 5) is 12.4. The molecule has 24 heavy (non-hydrogen) atoms. The molecule has 5 nitrogen and oxygen atoms in total. The van der Waals surface area contributed by atoms with Gasteiger partial charge in [-0.1, -0.05) is 19.1 Å². The van der Waals surface area contributed by atoms with Crippen molar-refractivity contribution in [2.45, 2.75) is 26.3 Å². The Kier molecular flexibility index (Phi) is 6.07. The van der Waals surface area contributed by atoms with Gasteiger partial charge in [0.15, 0.2) is 0 Å². The lowest BCUT2D eigenvalue weighted by Gasteiger charge is -2.16. The summed E-state index contributed by atoms with van der Waals surface area (Å²) in [6.07, 6.45) is 0.958. The molecular weight excluding hydrogens is 304 g/mol. The van der Waals surface area contributed by atoms with Gasteiger partial charge in [-0.25, -0.2) is 0 Å². The van der Waals surface area contributed by atoms with Crippen molar-refractivity contribution >= 4 is 17.3 Å². The van der Waals surface area contributed by atoms with Crippen LogP contribution in [0.4, 0.5) is 11.4 Å². The van der Waals surface area contributed by atoms with E-state index in [1.165, 1.54) is 5.56 Å². The van der Waals surface area contributed by atoms with Crippen LogP contribution in [0.5, 0.6) is 11.5 Å². The highest BCUT2D eigenvalue weighted by atomic mass is 16.5. The Hall–Kier alpha value is -2.69. The summed E-state index contributed by atoms with van der Waals surface area (Å²) < 4.78 is 10.4. The fraction of sp³-hybridized carbons (Fsp3) is 0.316. The standard InChI is InChI=1S/C19H24N2O3/c1-5-14-7-6-8-15(9-14)20-13(2)19(22)21-16-10-17(23-3)12-18(11-16)24-4/h6-13,20H,5H2,1-4H3,(H,21,22)/t13-/m0/s1. The van der Waals surface area contributed by atoms with Gasteiger partial charge in [-0.15, -0.1) is 0 Å². The van der Waals surface area contributed by atoms with Gasteiger partial charge in [-0.3, -0.25) is 4.79 Å². The van der Waals surface area contributed by atoms with Gasteiger partial charge in [-0.2, -0.15) is 0 Å². The number of ether oxygens (including phenoxy) is 2. The molecule has 0 aliphatic rings. The highest BCUT2D eigenvalue weighted by molar-refractivity contribution is 5.96. The van der Waals surface area contributed by atoms with Gasteiger partial charge in [0.2, 0.25) is 5.91 Å². The molecule has 0 saturated heterocycles. The van der Waals surface area contributed by atoms with Crippen molar-refractivity contribution in [1.82, 2.24) is 0 Å². The van der Waals surface area contributed by atoms with Gasteiger partial charge in [0.05, 0.1) is 14.2 Å². The largest absolute Gasteiger partial charge is 0.497 e. The summed E-state index contributed by atoms with van der Waals surface area (Å²) in [5.41, 5.74) is 2.79. The fourth-order valence-electron chi connectivity index (χ4n) is 2.33. The van der Waals surface area contributed by atoms with Gasteiger partial charge < -0.3 is 20.1 Å². The first-order chi connectivity index (χ1) is 11.5. The van der Waals surface area contributed by atoms with E-state index in [4.69, 9.17) is 9.47 Å². The lowest BCUT2D eigenvalue weighted by Crippen LogP contribution is -2.31. The molecule has 0 fully saturated rings. The Labute approximate surface area is 143 Å².